The molecule has 4 atom stereocenters. The first-order valence-corrected chi connectivity index (χ1v) is 15.5. The van der Waals surface area contributed by atoms with Crippen molar-refractivity contribution < 1.29 is 56.9 Å². The van der Waals surface area contributed by atoms with E-state index in [2.05, 4.69) is 41.6 Å². The molecule has 286 valence electrons. The van der Waals surface area contributed by atoms with Gasteiger partial charge < -0.3 is 48.3 Å². The Hall–Kier alpha value is -6.12. The minimum absolute atomic E-state index is 0.0230. The van der Waals surface area contributed by atoms with Gasteiger partial charge in [0.2, 0.25) is 29.5 Å². The molecule has 20 nitrogen and oxygen atoms in total. The van der Waals surface area contributed by atoms with Gasteiger partial charge in [0.05, 0.1) is 13.0 Å². The number of nitrogens with one attached hydrogen (secondary N) is 5. The van der Waals surface area contributed by atoms with Gasteiger partial charge in [-0.25, -0.2) is 4.79 Å². The lowest BCUT2D eigenvalue weighted by Gasteiger charge is -2.26. The summed E-state index contributed by atoms with van der Waals surface area (Å²) in [6.07, 6.45) is -4.73. The number of aliphatic carboxylic acids is 2. The Labute approximate surface area is 293 Å². The summed E-state index contributed by atoms with van der Waals surface area (Å²) >= 11 is 0. The van der Waals surface area contributed by atoms with Crippen molar-refractivity contribution in [3.8, 4) is 0 Å². The number of azide groups is 1. The van der Waals surface area contributed by atoms with Gasteiger partial charge in [0.25, 0.3) is 0 Å². The number of aliphatic imine (C=N–C) groups is 1. The molecule has 52 heavy (non-hydrogen) atoms. The minimum atomic E-state index is -5.08. The number of nitrogens with two attached hydrogens (primary N) is 2. The van der Waals surface area contributed by atoms with E-state index in [4.69, 9.17) is 26.9 Å². The number of rotatable bonds is 13. The molecule has 5 amide bonds. The summed E-state index contributed by atoms with van der Waals surface area (Å²) in [5.74, 6) is -8.33. The van der Waals surface area contributed by atoms with Crippen LogP contribution in [-0.4, -0.2) is 108 Å². The van der Waals surface area contributed by atoms with Gasteiger partial charge in [-0.1, -0.05) is 41.9 Å². The monoisotopic (exact) mass is 743 g/mol. The lowest BCUT2D eigenvalue weighted by molar-refractivity contribution is -0.192. The molecule has 0 saturated carbocycles. The van der Waals surface area contributed by atoms with Gasteiger partial charge in [-0.15, -0.1) is 0 Å². The summed E-state index contributed by atoms with van der Waals surface area (Å²) < 4.78 is 31.7. The maximum absolute atomic E-state index is 13.6. The highest BCUT2D eigenvalue weighted by Crippen LogP contribution is 2.13. The Balaban J connectivity index is 0.00000174. The van der Waals surface area contributed by atoms with Crippen LogP contribution in [0.15, 0.2) is 40.4 Å². The first-order chi connectivity index (χ1) is 24.4. The number of carbonyl (C=O) groups excluding carboxylic acids is 5. The quantitative estimate of drug-likeness (QED) is 0.0293. The van der Waals surface area contributed by atoms with Crippen LogP contribution in [0.3, 0.4) is 0 Å². The van der Waals surface area contributed by atoms with Gasteiger partial charge in [0.1, 0.15) is 24.2 Å². The molecule has 1 aromatic rings. The summed E-state index contributed by atoms with van der Waals surface area (Å²) in [6.45, 7) is -0.322. The van der Waals surface area contributed by atoms with Gasteiger partial charge in [-0.3, -0.25) is 33.8 Å². The Kier molecular flexibility index (Phi) is 19.1. The average molecular weight is 744 g/mol. The zero-order chi connectivity index (χ0) is 39.3. The van der Waals surface area contributed by atoms with Gasteiger partial charge in [0, 0.05) is 24.4 Å². The molecule has 0 aliphatic carbocycles. The highest BCUT2D eigenvalue weighted by molar-refractivity contribution is 5.98. The number of carboxylic acid groups (broad SMARTS) is 2. The molecule has 0 bridgehead atoms. The average Bonchev–Trinajstić information content (AvgIpc) is 3.06. The van der Waals surface area contributed by atoms with Crippen LogP contribution in [0.25, 0.3) is 10.4 Å². The third kappa shape index (κ3) is 18.0. The number of hydrogen-bond acceptors (Lipinski definition) is 9. The van der Waals surface area contributed by atoms with Crippen LogP contribution < -0.4 is 38.1 Å². The molecule has 1 aromatic carbocycles. The molecule has 2 rings (SSSR count). The fraction of sp³-hybridized carbons (Fsp3) is 0.517. The molecule has 1 aliphatic rings. The van der Waals surface area contributed by atoms with Crippen LogP contribution in [0.1, 0.15) is 44.1 Å². The van der Waals surface area contributed by atoms with Gasteiger partial charge in [0.15, 0.2) is 5.96 Å². The predicted molar refractivity (Wildman–Crippen MR) is 175 cm³/mol. The first-order valence-electron chi connectivity index (χ1n) is 15.5. The van der Waals surface area contributed by atoms with E-state index in [1.54, 1.807) is 30.3 Å². The van der Waals surface area contributed by atoms with Crippen LogP contribution in [0.2, 0.25) is 0 Å². The van der Waals surface area contributed by atoms with E-state index in [0.29, 0.717) is 18.4 Å². The van der Waals surface area contributed by atoms with Crippen molar-refractivity contribution in [2.45, 2.75) is 75.3 Å². The number of nitrogens with zero attached hydrogens (tertiary/aromatic N) is 4. The smallest absolute Gasteiger partial charge is 0.481 e. The van der Waals surface area contributed by atoms with E-state index in [1.165, 1.54) is 0 Å². The number of benzene rings is 1. The molecule has 0 spiro atoms. The zero-order valence-corrected chi connectivity index (χ0v) is 27.6. The molecule has 11 N–H and O–H groups in total. The first kappa shape index (κ1) is 43.9. The molecule has 1 aliphatic heterocycles. The minimum Gasteiger partial charge on any atom is -0.481 e. The van der Waals surface area contributed by atoms with Crippen LogP contribution >= 0.6 is 0 Å². The van der Waals surface area contributed by atoms with Crippen LogP contribution in [0, 0.1) is 0 Å². The molecule has 1 heterocycles. The van der Waals surface area contributed by atoms with Gasteiger partial charge >= 0.3 is 18.1 Å². The van der Waals surface area contributed by atoms with Crippen molar-refractivity contribution in [2.24, 2.45) is 21.6 Å². The molecular weight excluding hydrogens is 703 g/mol. The van der Waals surface area contributed by atoms with E-state index >= 15 is 0 Å². The van der Waals surface area contributed by atoms with Crippen molar-refractivity contribution in [3.05, 3.63) is 46.3 Å². The van der Waals surface area contributed by atoms with E-state index in [0.717, 1.165) is 0 Å². The summed E-state index contributed by atoms with van der Waals surface area (Å²) in [5.41, 5.74) is 19.9. The molecule has 0 unspecified atom stereocenters. The van der Waals surface area contributed by atoms with E-state index in [-0.39, 0.29) is 44.7 Å². The van der Waals surface area contributed by atoms with Crippen LogP contribution in [0.5, 0.6) is 0 Å². The fourth-order valence-electron chi connectivity index (χ4n) is 4.41. The van der Waals surface area contributed by atoms with Crippen molar-refractivity contribution >= 4 is 47.4 Å². The second kappa shape index (κ2) is 22.6. The fourth-order valence-corrected chi connectivity index (χ4v) is 4.41. The highest BCUT2D eigenvalue weighted by Gasteiger charge is 2.38. The van der Waals surface area contributed by atoms with E-state index in [9.17, 15) is 47.0 Å². The van der Waals surface area contributed by atoms with E-state index in [1.807, 2.05) is 0 Å². The molecule has 0 aromatic heterocycles. The Morgan fingerprint density at radius 2 is 1.35 bits per heavy atom. The van der Waals surface area contributed by atoms with Crippen LogP contribution in [0.4, 0.5) is 13.2 Å². The maximum atomic E-state index is 13.6. The number of unbranched alkanes of at least 4 members (excludes halogenated alkanes) is 1. The van der Waals surface area contributed by atoms with Gasteiger partial charge in [-0.05, 0) is 36.8 Å². The second-order valence-electron chi connectivity index (χ2n) is 11.0. The molecule has 1 saturated heterocycles. The molecule has 0 radical (unpaired) electrons. The third-order valence-electron chi connectivity index (χ3n) is 6.89. The van der Waals surface area contributed by atoms with Crippen LogP contribution in [-0.2, 0) is 40.0 Å². The van der Waals surface area contributed by atoms with Crippen molar-refractivity contribution in [1.29, 1.82) is 0 Å². The largest absolute Gasteiger partial charge is 0.490 e. The number of alkyl halides is 3. The lowest BCUT2D eigenvalue weighted by atomic mass is 10.0. The molecular formula is C29H40F3N11O9. The SMILES string of the molecule is O=C(O)C(F)(F)F.[N-]=[N+]=NCCCC[C@@H]1NC(=O)[C@@H](Cc2ccccc2)NC(=O)[C@H](CC(=O)O)NC(=O)CNC(=O)[C@H](CCCN=C(N)N)NC1=O. The second-order valence-corrected chi connectivity index (χ2v) is 11.0. The van der Waals surface area contributed by atoms with E-state index < -0.39 is 84.8 Å². The molecule has 1 fully saturated rings. The Morgan fingerprint density at radius 1 is 0.808 bits per heavy atom. The normalized spacial score (nSPS) is 19.9. The number of hydrogen-bond donors (Lipinski definition) is 9. The number of carboxylic acids is 2. The van der Waals surface area contributed by atoms with Crippen molar-refractivity contribution in [2.75, 3.05) is 19.6 Å². The highest BCUT2D eigenvalue weighted by atomic mass is 19.4. The Morgan fingerprint density at radius 3 is 1.90 bits per heavy atom. The summed E-state index contributed by atoms with van der Waals surface area (Å²) in [6, 6.07) is 3.47. The zero-order valence-electron chi connectivity index (χ0n) is 27.6. The molecule has 23 heteroatoms. The lowest BCUT2D eigenvalue weighted by Crippen LogP contribution is -2.58. The number of amides is 5. The Bertz CT molecular complexity index is 1490. The number of halogens is 3. The maximum Gasteiger partial charge on any atom is 0.490 e. The van der Waals surface area contributed by atoms with Gasteiger partial charge in [-0.2, -0.15) is 13.2 Å². The third-order valence-corrected chi connectivity index (χ3v) is 6.89. The van der Waals surface area contributed by atoms with Crippen molar-refractivity contribution in [1.82, 2.24) is 26.6 Å². The van der Waals surface area contributed by atoms with Crippen molar-refractivity contribution in [3.63, 3.8) is 0 Å². The summed E-state index contributed by atoms with van der Waals surface area (Å²) in [5, 5.41) is 32.4. The number of carbonyl (C=O) groups is 7. The standard InChI is InChI=1S/C27H39N11O7.C2HF3O2/c28-27(29)31-11-6-10-17-23(42)32-15-21(39)34-20(14-22(40)41)26(45)37-19(13-16-7-2-1-3-8-16)25(44)36-18(24(43)35-17)9-4-5-12-33-38-30;3-2(4,5)1(6)7/h1-3,7-8,17-20H,4-6,9-15H2,(H,32,42)(H,34,39)(H,35,43)(H,36,44)(H,37,45)(H,40,41)(H4,28,29,31);(H,6,7)/t17-,18-,19+,20-;/m0./s1. The summed E-state index contributed by atoms with van der Waals surface area (Å²) in [7, 11) is 0. The summed E-state index contributed by atoms with van der Waals surface area (Å²) in [4.78, 5) is 93.0. The number of guanidine groups is 1. The topological polar surface area (TPSA) is 333 Å². The predicted octanol–water partition coefficient (Wildman–Crippen LogP) is -1.06.